The van der Waals surface area contributed by atoms with Crippen molar-refractivity contribution in [1.29, 1.82) is 0 Å². The summed E-state index contributed by atoms with van der Waals surface area (Å²) >= 11 is 1.44. The molecule has 3 aliphatic rings. The Labute approximate surface area is 243 Å². The van der Waals surface area contributed by atoms with Crippen LogP contribution in [0.5, 0.6) is 0 Å². The molecule has 3 fully saturated rings. The normalized spacial score (nSPS) is 19.8. The van der Waals surface area contributed by atoms with E-state index in [9.17, 15) is 19.5 Å². The molecule has 2 aromatic heterocycles. The van der Waals surface area contributed by atoms with E-state index in [1.807, 2.05) is 48.0 Å². The second-order valence-electron chi connectivity index (χ2n) is 11.5. The largest absolute Gasteiger partial charge is 0.481 e. The monoisotopic (exact) mass is 573 g/mol. The van der Waals surface area contributed by atoms with Crippen LogP contribution in [0.1, 0.15) is 63.1 Å². The first-order valence-electron chi connectivity index (χ1n) is 14.5. The smallest absolute Gasteiger partial charge is 0.317 e. The summed E-state index contributed by atoms with van der Waals surface area (Å²) in [6, 6.07) is 11.9. The minimum absolute atomic E-state index is 0.0865. The maximum absolute atomic E-state index is 13.9. The van der Waals surface area contributed by atoms with Crippen LogP contribution < -0.4 is 10.2 Å². The molecule has 0 spiro atoms. The minimum atomic E-state index is -0.923. The van der Waals surface area contributed by atoms with Crippen molar-refractivity contribution in [3.05, 3.63) is 53.7 Å². The predicted octanol–water partition coefficient (Wildman–Crippen LogP) is 5.73. The number of rotatable bonds is 10. The Balaban J connectivity index is 1.26. The van der Waals surface area contributed by atoms with E-state index in [1.54, 1.807) is 16.8 Å². The highest BCUT2D eigenvalue weighted by atomic mass is 32.1. The summed E-state index contributed by atoms with van der Waals surface area (Å²) in [5.74, 6) is -1.12. The van der Waals surface area contributed by atoms with Gasteiger partial charge in [-0.2, -0.15) is 0 Å². The molecule has 2 saturated carbocycles. The standard InChI is InChI=1S/C31H35N5O4S/c1-35-27(17-33-30(35)40)25-13-10-20(16-32-25)23-8-4-5-9-24(23)26-18-41-31(34-26)36(22-11-12-22)29(39)21(15-28(37)38)14-19-6-2-3-7-19/h4-5,8-10,13,16,18-19,21-22,27H,2-3,6-7,11-12,14-15,17H2,1H3,(H,33,40)(H,37,38)/t21-,27?/m1/s1. The SMILES string of the molecule is CN1C(=O)NCC1c1ccc(-c2ccccc2-c2csc(N(C(=O)[C@@H](CC(=O)O)CC3CCCC3)C3CC3)n2)cn1. The molecule has 3 heterocycles. The molecule has 1 unspecified atom stereocenters. The zero-order valence-electron chi connectivity index (χ0n) is 23.2. The van der Waals surface area contributed by atoms with Crippen molar-refractivity contribution in [3.8, 4) is 22.4 Å². The predicted molar refractivity (Wildman–Crippen MR) is 158 cm³/mol. The lowest BCUT2D eigenvalue weighted by Gasteiger charge is -2.26. The molecular weight excluding hydrogens is 538 g/mol. The van der Waals surface area contributed by atoms with Crippen molar-refractivity contribution in [1.82, 2.24) is 20.2 Å². The number of anilines is 1. The fourth-order valence-electron chi connectivity index (χ4n) is 6.20. The number of carboxylic acids is 1. The maximum Gasteiger partial charge on any atom is 0.317 e. The van der Waals surface area contributed by atoms with Crippen molar-refractivity contribution in [3.63, 3.8) is 0 Å². The summed E-state index contributed by atoms with van der Waals surface area (Å²) in [6.45, 7) is 0.532. The van der Waals surface area contributed by atoms with Crippen molar-refractivity contribution in [2.75, 3.05) is 18.5 Å². The van der Waals surface area contributed by atoms with E-state index in [4.69, 9.17) is 4.98 Å². The van der Waals surface area contributed by atoms with Crippen LogP contribution in [0.3, 0.4) is 0 Å². The van der Waals surface area contributed by atoms with Gasteiger partial charge in [-0.25, -0.2) is 9.78 Å². The van der Waals surface area contributed by atoms with E-state index in [0.29, 0.717) is 24.0 Å². The molecule has 0 bridgehead atoms. The van der Waals surface area contributed by atoms with Gasteiger partial charge in [0.1, 0.15) is 0 Å². The maximum atomic E-state index is 13.9. The molecule has 3 aromatic rings. The van der Waals surface area contributed by atoms with Crippen LogP contribution in [0.25, 0.3) is 22.4 Å². The number of thiazole rings is 1. The van der Waals surface area contributed by atoms with E-state index in [2.05, 4.69) is 10.3 Å². The third-order valence-corrected chi connectivity index (χ3v) is 9.43. The van der Waals surface area contributed by atoms with Gasteiger partial charge in [0.25, 0.3) is 0 Å². The van der Waals surface area contributed by atoms with E-state index in [-0.39, 0.29) is 30.4 Å². The Kier molecular flexibility index (Phi) is 7.75. The van der Waals surface area contributed by atoms with Crippen molar-refractivity contribution in [2.24, 2.45) is 11.8 Å². The molecule has 6 rings (SSSR count). The highest BCUT2D eigenvalue weighted by molar-refractivity contribution is 7.14. The van der Waals surface area contributed by atoms with Crippen LogP contribution in [-0.4, -0.2) is 57.5 Å². The van der Waals surface area contributed by atoms with Crippen LogP contribution >= 0.6 is 11.3 Å². The summed E-state index contributed by atoms with van der Waals surface area (Å²) in [5, 5.41) is 15.1. The highest BCUT2D eigenvalue weighted by Crippen LogP contribution is 2.40. The van der Waals surface area contributed by atoms with Crippen LogP contribution in [0, 0.1) is 11.8 Å². The Morgan fingerprint density at radius 3 is 2.51 bits per heavy atom. The molecule has 214 valence electrons. The molecule has 1 aliphatic heterocycles. The highest BCUT2D eigenvalue weighted by Gasteiger charge is 2.40. The summed E-state index contributed by atoms with van der Waals surface area (Å²) in [7, 11) is 1.77. The summed E-state index contributed by atoms with van der Waals surface area (Å²) in [5.41, 5.74) is 4.46. The number of nitrogens with zero attached hydrogens (tertiary/aromatic N) is 4. The van der Waals surface area contributed by atoms with Crippen LogP contribution in [0.4, 0.5) is 9.93 Å². The number of nitrogens with one attached hydrogen (secondary N) is 1. The van der Waals surface area contributed by atoms with Gasteiger partial charge < -0.3 is 15.3 Å². The minimum Gasteiger partial charge on any atom is -0.481 e. The topological polar surface area (TPSA) is 116 Å². The first-order valence-corrected chi connectivity index (χ1v) is 15.3. The third kappa shape index (κ3) is 5.84. The van der Waals surface area contributed by atoms with Gasteiger partial charge in [-0.1, -0.05) is 56.0 Å². The lowest BCUT2D eigenvalue weighted by Crippen LogP contribution is -2.39. The molecule has 2 N–H and O–H groups in total. The quantitative estimate of drug-likeness (QED) is 0.320. The number of urea groups is 1. The van der Waals surface area contributed by atoms with Gasteiger partial charge in [0, 0.05) is 48.3 Å². The lowest BCUT2D eigenvalue weighted by molar-refractivity contribution is -0.141. The first-order chi connectivity index (χ1) is 19.9. The molecular formula is C31H35N5O4S. The van der Waals surface area contributed by atoms with Crippen molar-refractivity contribution >= 4 is 34.4 Å². The molecule has 10 heteroatoms. The second kappa shape index (κ2) is 11.6. The van der Waals surface area contributed by atoms with E-state index in [1.165, 1.54) is 11.3 Å². The number of carbonyl (C=O) groups excluding carboxylic acids is 2. The molecule has 2 aliphatic carbocycles. The number of pyridine rings is 1. The van der Waals surface area contributed by atoms with Gasteiger partial charge >= 0.3 is 12.0 Å². The number of hydrogen-bond donors (Lipinski definition) is 2. The second-order valence-corrected chi connectivity index (χ2v) is 12.3. The fraction of sp³-hybridized carbons (Fsp3) is 0.452. The van der Waals surface area contributed by atoms with Gasteiger partial charge in [0.15, 0.2) is 5.13 Å². The van der Waals surface area contributed by atoms with Crippen LogP contribution in [0.15, 0.2) is 48.0 Å². The number of amides is 3. The van der Waals surface area contributed by atoms with Crippen LogP contribution in [-0.2, 0) is 9.59 Å². The first kappa shape index (κ1) is 27.4. The van der Waals surface area contributed by atoms with Gasteiger partial charge in [-0.15, -0.1) is 11.3 Å². The number of carbonyl (C=O) groups is 3. The fourth-order valence-corrected chi connectivity index (χ4v) is 7.10. The molecule has 41 heavy (non-hydrogen) atoms. The number of likely N-dealkylation sites (N-methyl/N-ethyl adjacent to an activating group) is 1. The van der Waals surface area contributed by atoms with Gasteiger partial charge in [-0.3, -0.25) is 19.5 Å². The Morgan fingerprint density at radius 1 is 1.12 bits per heavy atom. The number of aliphatic carboxylic acids is 1. The van der Waals surface area contributed by atoms with Gasteiger partial charge in [0.05, 0.1) is 23.9 Å². The van der Waals surface area contributed by atoms with E-state index >= 15 is 0 Å². The summed E-state index contributed by atoms with van der Waals surface area (Å²) < 4.78 is 0. The van der Waals surface area contributed by atoms with Gasteiger partial charge in [-0.05, 0) is 36.8 Å². The number of benzene rings is 1. The van der Waals surface area contributed by atoms with Gasteiger partial charge in [0.2, 0.25) is 5.91 Å². The van der Waals surface area contributed by atoms with Crippen molar-refractivity contribution < 1.29 is 19.5 Å². The molecule has 9 nitrogen and oxygen atoms in total. The Morgan fingerprint density at radius 2 is 1.88 bits per heavy atom. The number of carboxylic acid groups (broad SMARTS) is 1. The molecule has 2 atom stereocenters. The van der Waals surface area contributed by atoms with Crippen molar-refractivity contribution in [2.45, 2.75) is 63.5 Å². The lowest BCUT2D eigenvalue weighted by atomic mass is 9.90. The zero-order valence-corrected chi connectivity index (χ0v) is 24.0. The molecule has 1 aromatic carbocycles. The van der Waals surface area contributed by atoms with E-state index in [0.717, 1.165) is 66.6 Å². The average Bonchev–Trinajstić information content (AvgIpc) is 3.31. The van der Waals surface area contributed by atoms with E-state index < -0.39 is 11.9 Å². The molecule has 3 amide bonds. The Bertz CT molecular complexity index is 1430. The molecule has 0 radical (unpaired) electrons. The number of hydrogen-bond acceptors (Lipinski definition) is 6. The summed E-state index contributed by atoms with van der Waals surface area (Å²) in [6.07, 6.45) is 8.63. The molecule has 1 saturated heterocycles. The third-order valence-electron chi connectivity index (χ3n) is 8.59. The number of aromatic nitrogens is 2. The Hall–Kier alpha value is -3.79. The average molecular weight is 574 g/mol. The zero-order chi connectivity index (χ0) is 28.5. The summed E-state index contributed by atoms with van der Waals surface area (Å²) in [4.78, 5) is 50.5. The van der Waals surface area contributed by atoms with Crippen LogP contribution in [0.2, 0.25) is 0 Å².